The van der Waals surface area contributed by atoms with Crippen LogP contribution in [0.2, 0.25) is 0 Å². The molecule has 182 valence electrons. The number of rotatable bonds is 7. The van der Waals surface area contributed by atoms with Gasteiger partial charge in [-0.15, -0.1) is 0 Å². The molecule has 0 saturated heterocycles. The highest BCUT2D eigenvalue weighted by atomic mass is 31.2. The summed E-state index contributed by atoms with van der Waals surface area (Å²) in [5.74, 6) is 1.26. The highest BCUT2D eigenvalue weighted by Gasteiger charge is 2.59. The SMILES string of the molecule is C=C1CC[C@H](O)C/C1=C\C=C1/CCC[C@@]2(C)[C@@H]([C@H](C)CCCC(C)C)C(P(=O)(O)O)C[C@@H]12. The Morgan fingerprint density at radius 2 is 1.91 bits per heavy atom. The Morgan fingerprint density at radius 1 is 1.19 bits per heavy atom. The van der Waals surface area contributed by atoms with E-state index < -0.39 is 13.3 Å². The number of hydrogen-bond acceptors (Lipinski definition) is 2. The normalized spacial score (nSPS) is 37.3. The van der Waals surface area contributed by atoms with Gasteiger partial charge in [-0.2, -0.15) is 0 Å². The molecular weight excluding hydrogens is 419 g/mol. The number of aliphatic hydroxyl groups is 1. The zero-order valence-electron chi connectivity index (χ0n) is 20.6. The first-order valence-corrected chi connectivity index (χ1v) is 14.4. The van der Waals surface area contributed by atoms with Crippen molar-refractivity contribution in [2.75, 3.05) is 0 Å². The van der Waals surface area contributed by atoms with Crippen LogP contribution < -0.4 is 0 Å². The van der Waals surface area contributed by atoms with Gasteiger partial charge in [0.05, 0.1) is 11.8 Å². The molecule has 0 aromatic carbocycles. The second-order valence-corrected chi connectivity index (χ2v) is 13.4. The van der Waals surface area contributed by atoms with Crippen molar-refractivity contribution in [2.45, 2.75) is 104 Å². The van der Waals surface area contributed by atoms with Gasteiger partial charge >= 0.3 is 7.60 Å². The third kappa shape index (κ3) is 5.69. The smallest absolute Gasteiger partial charge is 0.328 e. The van der Waals surface area contributed by atoms with E-state index in [9.17, 15) is 19.5 Å². The molecule has 0 radical (unpaired) electrons. The molecule has 0 aromatic heterocycles. The summed E-state index contributed by atoms with van der Waals surface area (Å²) in [6.45, 7) is 13.2. The van der Waals surface area contributed by atoms with Crippen molar-refractivity contribution in [3.8, 4) is 0 Å². The fourth-order valence-electron chi connectivity index (χ4n) is 7.09. The van der Waals surface area contributed by atoms with Crippen LogP contribution in [0, 0.1) is 29.1 Å². The minimum absolute atomic E-state index is 0.0586. The lowest BCUT2D eigenvalue weighted by Gasteiger charge is -2.45. The molecule has 0 bridgehead atoms. The molecule has 3 rings (SSSR count). The zero-order chi connectivity index (χ0) is 23.7. The molecule has 3 N–H and O–H groups in total. The van der Waals surface area contributed by atoms with Crippen LogP contribution in [0.15, 0.2) is 35.5 Å². The van der Waals surface area contributed by atoms with Crippen LogP contribution in [-0.2, 0) is 4.57 Å². The highest BCUT2D eigenvalue weighted by Crippen LogP contribution is 2.67. The predicted molar refractivity (Wildman–Crippen MR) is 132 cm³/mol. The van der Waals surface area contributed by atoms with Gasteiger partial charge in [-0.3, -0.25) is 4.57 Å². The first kappa shape index (κ1) is 25.9. The van der Waals surface area contributed by atoms with Gasteiger partial charge in [0.2, 0.25) is 0 Å². The summed E-state index contributed by atoms with van der Waals surface area (Å²) >= 11 is 0. The highest BCUT2D eigenvalue weighted by molar-refractivity contribution is 7.52. The van der Waals surface area contributed by atoms with Gasteiger partial charge in [0.15, 0.2) is 0 Å². The van der Waals surface area contributed by atoms with Gasteiger partial charge < -0.3 is 14.9 Å². The van der Waals surface area contributed by atoms with E-state index in [0.717, 1.165) is 56.1 Å². The largest absolute Gasteiger partial charge is 0.393 e. The average Bonchev–Trinajstić information content (AvgIpc) is 3.02. The van der Waals surface area contributed by atoms with Crippen LogP contribution in [0.1, 0.15) is 91.9 Å². The molecule has 0 aromatic rings. The first-order valence-electron chi connectivity index (χ1n) is 12.7. The Hall–Kier alpha value is -0.670. The molecule has 32 heavy (non-hydrogen) atoms. The van der Waals surface area contributed by atoms with Crippen LogP contribution in [-0.4, -0.2) is 26.7 Å². The van der Waals surface area contributed by atoms with Crippen molar-refractivity contribution >= 4 is 7.60 Å². The number of aliphatic hydroxyl groups excluding tert-OH is 1. The van der Waals surface area contributed by atoms with Crippen LogP contribution >= 0.6 is 7.60 Å². The van der Waals surface area contributed by atoms with Gasteiger partial charge in [0.1, 0.15) is 0 Å². The molecule has 0 heterocycles. The van der Waals surface area contributed by atoms with E-state index in [2.05, 4.69) is 46.4 Å². The van der Waals surface area contributed by atoms with E-state index in [4.69, 9.17) is 0 Å². The van der Waals surface area contributed by atoms with Gasteiger partial charge in [0, 0.05) is 0 Å². The Kier molecular flexibility index (Phi) is 8.35. The van der Waals surface area contributed by atoms with E-state index in [1.807, 2.05) is 0 Å². The maximum atomic E-state index is 12.6. The lowest BCUT2D eigenvalue weighted by Crippen LogP contribution is -2.38. The third-order valence-electron chi connectivity index (χ3n) is 8.75. The molecule has 0 amide bonds. The summed E-state index contributed by atoms with van der Waals surface area (Å²) in [7, 11) is -4.17. The lowest BCUT2D eigenvalue weighted by molar-refractivity contribution is 0.0910. The lowest BCUT2D eigenvalue weighted by atomic mass is 9.60. The monoisotopic (exact) mass is 464 g/mol. The minimum Gasteiger partial charge on any atom is -0.393 e. The maximum absolute atomic E-state index is 12.6. The zero-order valence-corrected chi connectivity index (χ0v) is 21.5. The third-order valence-corrected chi connectivity index (χ3v) is 10.1. The molecular formula is C27H45O4P. The fraction of sp³-hybridized carbons (Fsp3) is 0.778. The molecule has 1 unspecified atom stereocenters. The molecule has 4 nitrogen and oxygen atoms in total. The molecule has 6 atom stereocenters. The molecule has 3 aliphatic rings. The Morgan fingerprint density at radius 3 is 2.56 bits per heavy atom. The van der Waals surface area contributed by atoms with Crippen molar-refractivity contribution < 1.29 is 19.5 Å². The van der Waals surface area contributed by atoms with E-state index in [0.29, 0.717) is 24.7 Å². The summed E-state index contributed by atoms with van der Waals surface area (Å²) in [6.07, 6.45) is 13.4. The predicted octanol–water partition coefficient (Wildman–Crippen LogP) is 6.78. The van der Waals surface area contributed by atoms with E-state index in [1.54, 1.807) is 0 Å². The van der Waals surface area contributed by atoms with Gasteiger partial charge in [-0.25, -0.2) is 0 Å². The Bertz CT molecular complexity index is 791. The standard InChI is InChI=1S/C27H45O4P/c1-18(2)8-6-9-20(4)26-25(32(29,30)31)17-24-21(10-7-15-27(24,26)5)12-13-22-16-23(28)14-11-19(22)3/h12-13,18,20,23-26,28H,3,6-11,14-17H2,1-2,4-5H3,(H2,29,30,31)/b21-12+,22-13+/t20-,23+,24+,25?,26+,27-/m1/s1. The number of fused-ring (bicyclic) bond motifs is 1. The van der Waals surface area contributed by atoms with Gasteiger partial charge in [-0.1, -0.05) is 76.8 Å². The fourth-order valence-corrected chi connectivity index (χ4v) is 8.63. The summed E-state index contributed by atoms with van der Waals surface area (Å²) in [4.78, 5) is 20.7. The topological polar surface area (TPSA) is 77.8 Å². The summed E-state index contributed by atoms with van der Waals surface area (Å²) < 4.78 is 12.6. The van der Waals surface area contributed by atoms with Crippen molar-refractivity contribution in [1.82, 2.24) is 0 Å². The summed E-state index contributed by atoms with van der Waals surface area (Å²) in [6, 6.07) is 0. The molecule has 3 saturated carbocycles. The summed E-state index contributed by atoms with van der Waals surface area (Å²) in [5, 5.41) is 10.1. The maximum Gasteiger partial charge on any atom is 0.328 e. The molecule has 5 heteroatoms. The quantitative estimate of drug-likeness (QED) is 0.363. The van der Waals surface area contributed by atoms with Crippen LogP contribution in [0.5, 0.6) is 0 Å². The number of allylic oxidation sites excluding steroid dienone is 4. The average molecular weight is 465 g/mol. The van der Waals surface area contributed by atoms with Crippen molar-refractivity contribution in [2.24, 2.45) is 29.1 Å². The Labute approximate surface area is 195 Å². The van der Waals surface area contributed by atoms with Crippen molar-refractivity contribution in [3.05, 3.63) is 35.5 Å². The molecule has 3 fully saturated rings. The molecule has 0 spiro atoms. The van der Waals surface area contributed by atoms with Crippen LogP contribution in [0.25, 0.3) is 0 Å². The summed E-state index contributed by atoms with van der Waals surface area (Å²) in [5.41, 5.74) is 2.99. The second-order valence-electron chi connectivity index (χ2n) is 11.6. The van der Waals surface area contributed by atoms with E-state index in [1.165, 1.54) is 12.0 Å². The van der Waals surface area contributed by atoms with Crippen LogP contribution in [0.4, 0.5) is 0 Å². The van der Waals surface area contributed by atoms with Crippen molar-refractivity contribution in [1.29, 1.82) is 0 Å². The molecule has 3 aliphatic carbocycles. The Balaban J connectivity index is 1.88. The number of hydrogen-bond donors (Lipinski definition) is 3. The van der Waals surface area contributed by atoms with Gasteiger partial charge in [-0.05, 0) is 79.6 Å². The van der Waals surface area contributed by atoms with E-state index in [-0.39, 0.29) is 23.4 Å². The van der Waals surface area contributed by atoms with Gasteiger partial charge in [0.25, 0.3) is 0 Å². The van der Waals surface area contributed by atoms with Crippen LogP contribution in [0.3, 0.4) is 0 Å². The first-order chi connectivity index (χ1) is 14.9. The van der Waals surface area contributed by atoms with Crippen molar-refractivity contribution in [3.63, 3.8) is 0 Å². The minimum atomic E-state index is -4.17. The second kappa shape index (κ2) is 10.3. The van der Waals surface area contributed by atoms with E-state index >= 15 is 0 Å². The molecule has 0 aliphatic heterocycles.